The number of nitrogens with one attached hydrogen (secondary N) is 1. The Bertz CT molecular complexity index is 371. The van der Waals surface area contributed by atoms with E-state index in [-0.39, 0.29) is 12.1 Å². The van der Waals surface area contributed by atoms with Gasteiger partial charge in [-0.1, -0.05) is 0 Å². The van der Waals surface area contributed by atoms with E-state index in [1.807, 2.05) is 0 Å². The van der Waals surface area contributed by atoms with Gasteiger partial charge >= 0.3 is 5.97 Å². The van der Waals surface area contributed by atoms with Crippen LogP contribution in [-0.4, -0.2) is 31.3 Å². The van der Waals surface area contributed by atoms with E-state index in [1.165, 1.54) is 14.0 Å². The monoisotopic (exact) mass is 225 g/mol. The van der Waals surface area contributed by atoms with Gasteiger partial charge in [-0.2, -0.15) is 0 Å². The first kappa shape index (κ1) is 14.1. The number of hydrogen-bond acceptors (Lipinski definition) is 4. The van der Waals surface area contributed by atoms with Gasteiger partial charge in [0.05, 0.1) is 7.11 Å². The molecule has 0 aromatic heterocycles. The fourth-order valence-electron chi connectivity index (χ4n) is 0.907. The Balaban J connectivity index is 4.48. The van der Waals surface area contributed by atoms with Gasteiger partial charge in [-0.25, -0.2) is 0 Å². The third-order valence-corrected chi connectivity index (χ3v) is 1.61. The number of esters is 1. The van der Waals surface area contributed by atoms with Crippen molar-refractivity contribution in [2.24, 2.45) is 0 Å². The van der Waals surface area contributed by atoms with Crippen LogP contribution in [0.1, 0.15) is 20.8 Å². The van der Waals surface area contributed by atoms with Gasteiger partial charge in [-0.3, -0.25) is 14.4 Å². The Morgan fingerprint density at radius 3 is 2.19 bits per heavy atom. The predicted molar refractivity (Wildman–Crippen MR) is 57.6 cm³/mol. The number of carbonyl (C=O) groups excluding carboxylic acids is 3. The molecule has 0 bridgehead atoms. The summed E-state index contributed by atoms with van der Waals surface area (Å²) in [6.45, 7) is 4.71. The van der Waals surface area contributed by atoms with Crippen LogP contribution in [0.25, 0.3) is 0 Å². The molecule has 5 nitrogen and oxygen atoms in total. The highest BCUT2D eigenvalue weighted by Gasteiger charge is 2.16. The lowest BCUT2D eigenvalue weighted by atomic mass is 10.1. The lowest BCUT2D eigenvalue weighted by molar-refractivity contribution is -0.142. The summed E-state index contributed by atoms with van der Waals surface area (Å²) in [4.78, 5) is 33.4. The molecule has 0 fully saturated rings. The second kappa shape index (κ2) is 6.58. The quantitative estimate of drug-likeness (QED) is 0.324. The Morgan fingerprint density at radius 2 is 1.75 bits per heavy atom. The molecule has 0 radical (unpaired) electrons. The van der Waals surface area contributed by atoms with Crippen LogP contribution in [0.2, 0.25) is 0 Å². The van der Waals surface area contributed by atoms with E-state index < -0.39 is 17.7 Å². The molecule has 1 N–H and O–H groups in total. The van der Waals surface area contributed by atoms with Crippen molar-refractivity contribution in [3.05, 3.63) is 16.9 Å². The third-order valence-electron chi connectivity index (χ3n) is 1.61. The van der Waals surface area contributed by atoms with Crippen LogP contribution in [0, 0.1) is 0 Å². The molecule has 0 unspecified atom stereocenters. The minimum atomic E-state index is -0.836. The highest BCUT2D eigenvalue weighted by atomic mass is 16.5. The average molecular weight is 225 g/mol. The molecule has 16 heavy (non-hydrogen) atoms. The lowest BCUT2D eigenvalue weighted by Gasteiger charge is -2.01. The lowest BCUT2D eigenvalue weighted by Crippen LogP contribution is -2.35. The summed E-state index contributed by atoms with van der Waals surface area (Å²) in [6, 6.07) is 0. The van der Waals surface area contributed by atoms with Crippen LogP contribution < -0.4 is 5.32 Å². The van der Waals surface area contributed by atoms with Gasteiger partial charge in [0.25, 0.3) is 11.7 Å². The van der Waals surface area contributed by atoms with Crippen LogP contribution in [0.5, 0.6) is 0 Å². The fourth-order valence-corrected chi connectivity index (χ4v) is 0.907. The van der Waals surface area contributed by atoms with Crippen molar-refractivity contribution in [2.45, 2.75) is 20.8 Å². The summed E-state index contributed by atoms with van der Waals surface area (Å²) >= 11 is 0. The topological polar surface area (TPSA) is 72.5 Å². The highest BCUT2D eigenvalue weighted by molar-refractivity contribution is 6.42. The molecule has 0 saturated heterocycles. The molecule has 5 heteroatoms. The molecule has 1 amide bonds. The second-order valence-electron chi connectivity index (χ2n) is 3.34. The SMILES string of the molecule is COC(=O)CNC(=O)C(=O)C(C)=C=C(C)C. The summed E-state index contributed by atoms with van der Waals surface area (Å²) in [5, 5.41) is 2.15. The summed E-state index contributed by atoms with van der Waals surface area (Å²) in [5.41, 5.74) is 3.74. The molecule has 0 rings (SSSR count). The first-order valence-electron chi connectivity index (χ1n) is 4.68. The minimum absolute atomic E-state index is 0.211. The van der Waals surface area contributed by atoms with E-state index in [2.05, 4.69) is 15.8 Å². The van der Waals surface area contributed by atoms with E-state index in [0.717, 1.165) is 5.57 Å². The molecular formula is C11H15NO4. The Morgan fingerprint density at radius 1 is 1.19 bits per heavy atom. The van der Waals surface area contributed by atoms with Gasteiger partial charge in [0.1, 0.15) is 6.54 Å². The summed E-state index contributed by atoms with van der Waals surface area (Å²) in [6.07, 6.45) is 0. The van der Waals surface area contributed by atoms with Gasteiger partial charge in [0, 0.05) is 5.57 Å². The van der Waals surface area contributed by atoms with Gasteiger partial charge < -0.3 is 10.1 Å². The summed E-state index contributed by atoms with van der Waals surface area (Å²) < 4.78 is 4.31. The normalized spacial score (nSPS) is 8.75. The maximum absolute atomic E-state index is 11.4. The number of rotatable bonds is 4. The Labute approximate surface area is 94.2 Å². The molecule has 0 aliphatic carbocycles. The standard InChI is InChI=1S/C11H15NO4/c1-7(2)5-8(3)10(14)11(15)12-6-9(13)16-4/h6H2,1-4H3,(H,12,15). The third kappa shape index (κ3) is 5.12. The first-order valence-corrected chi connectivity index (χ1v) is 4.68. The molecule has 0 saturated carbocycles. The smallest absolute Gasteiger partial charge is 0.325 e. The van der Waals surface area contributed by atoms with Gasteiger partial charge in [0.2, 0.25) is 0 Å². The number of hydrogen-bond donors (Lipinski definition) is 1. The zero-order valence-electron chi connectivity index (χ0n) is 9.84. The zero-order valence-corrected chi connectivity index (χ0v) is 9.84. The van der Waals surface area contributed by atoms with E-state index in [4.69, 9.17) is 0 Å². The Kier molecular flexibility index (Phi) is 5.81. The number of methoxy groups -OCH3 is 1. The maximum atomic E-state index is 11.4. The van der Waals surface area contributed by atoms with Crippen molar-refractivity contribution in [1.29, 1.82) is 0 Å². The van der Waals surface area contributed by atoms with Gasteiger partial charge in [0.15, 0.2) is 0 Å². The van der Waals surface area contributed by atoms with Crippen LogP contribution >= 0.6 is 0 Å². The molecule has 0 atom stereocenters. The number of Topliss-reactive ketones (excluding diaryl/α,β-unsaturated/α-hetero) is 1. The second-order valence-corrected chi connectivity index (χ2v) is 3.34. The largest absolute Gasteiger partial charge is 0.468 e. The predicted octanol–water partition coefficient (Wildman–Crippen LogP) is 0.356. The molecule has 0 heterocycles. The van der Waals surface area contributed by atoms with Crippen molar-refractivity contribution in [3.8, 4) is 0 Å². The molecule has 88 valence electrons. The molecular weight excluding hydrogens is 210 g/mol. The Hall–Kier alpha value is -1.87. The average Bonchev–Trinajstić information content (AvgIpc) is 2.23. The van der Waals surface area contributed by atoms with Crippen molar-refractivity contribution < 1.29 is 19.1 Å². The minimum Gasteiger partial charge on any atom is -0.468 e. The number of ether oxygens (including phenoxy) is 1. The van der Waals surface area contributed by atoms with E-state index in [1.54, 1.807) is 13.8 Å². The summed E-state index contributed by atoms with van der Waals surface area (Å²) in [5.74, 6) is -2.15. The van der Waals surface area contributed by atoms with Crippen molar-refractivity contribution >= 4 is 17.7 Å². The van der Waals surface area contributed by atoms with Crippen LogP contribution in [0.15, 0.2) is 16.9 Å². The molecule has 0 aromatic rings. The molecule has 0 spiro atoms. The van der Waals surface area contributed by atoms with Crippen molar-refractivity contribution in [1.82, 2.24) is 5.32 Å². The van der Waals surface area contributed by atoms with E-state index in [9.17, 15) is 14.4 Å². The molecule has 0 aromatic carbocycles. The number of ketones is 1. The molecule has 0 aliphatic rings. The van der Waals surface area contributed by atoms with E-state index in [0.29, 0.717) is 0 Å². The van der Waals surface area contributed by atoms with Gasteiger partial charge in [-0.05, 0) is 26.3 Å². The van der Waals surface area contributed by atoms with E-state index >= 15 is 0 Å². The summed E-state index contributed by atoms with van der Waals surface area (Å²) in [7, 11) is 1.20. The van der Waals surface area contributed by atoms with Crippen molar-refractivity contribution in [3.63, 3.8) is 0 Å². The van der Waals surface area contributed by atoms with Crippen LogP contribution in [0.3, 0.4) is 0 Å². The maximum Gasteiger partial charge on any atom is 0.325 e. The van der Waals surface area contributed by atoms with Crippen molar-refractivity contribution in [2.75, 3.05) is 13.7 Å². The number of carbonyl (C=O) groups is 3. The van der Waals surface area contributed by atoms with Crippen LogP contribution in [0.4, 0.5) is 0 Å². The van der Waals surface area contributed by atoms with Gasteiger partial charge in [-0.15, -0.1) is 5.73 Å². The number of amides is 1. The van der Waals surface area contributed by atoms with Crippen LogP contribution in [-0.2, 0) is 19.1 Å². The highest BCUT2D eigenvalue weighted by Crippen LogP contribution is 1.95. The zero-order chi connectivity index (χ0) is 12.7. The molecule has 0 aliphatic heterocycles. The fraction of sp³-hybridized carbons (Fsp3) is 0.455. The first-order chi connectivity index (χ1) is 7.38.